The largest absolute Gasteiger partial charge is 0.504 e. The third-order valence-electron chi connectivity index (χ3n) is 1.14. The monoisotopic (exact) mass is 155 g/mol. The number of hydrogen-bond donors (Lipinski definition) is 3. The molecule has 0 spiro atoms. The number of phenols is 2. The Morgan fingerprint density at radius 3 is 2.64 bits per heavy atom. The Kier molecular flexibility index (Phi) is 1.37. The van der Waals surface area contributed by atoms with Crippen LogP contribution in [0, 0.1) is 0 Å². The number of carboxylic acid groups (broad SMARTS) is 1. The van der Waals surface area contributed by atoms with Crippen molar-refractivity contribution < 1.29 is 21.5 Å². The third kappa shape index (κ3) is 1.40. The smallest absolute Gasteiger partial charge is 0.335 e. The number of aromatic carboxylic acids is 1. The fraction of sp³-hybridized carbons (Fsp3) is 0. The average molecular weight is 155 g/mol. The molecule has 3 N–H and O–H groups in total. The summed E-state index contributed by atoms with van der Waals surface area (Å²) in [5.74, 6) is -2.34. The van der Waals surface area contributed by atoms with E-state index in [4.69, 9.17) is 16.7 Å². The van der Waals surface area contributed by atoms with E-state index >= 15 is 0 Å². The first-order valence-corrected chi connectivity index (χ1v) is 2.78. The first-order valence-electron chi connectivity index (χ1n) is 3.28. The second-order valence-electron chi connectivity index (χ2n) is 1.92. The maximum absolute atomic E-state index is 10.4. The Bertz CT molecular complexity index is 334. The molecule has 0 saturated heterocycles. The van der Waals surface area contributed by atoms with Crippen LogP contribution in [0.5, 0.6) is 11.5 Å². The zero-order chi connectivity index (χ0) is 9.30. The minimum Gasteiger partial charge on any atom is -0.504 e. The Balaban J connectivity index is 3.33. The van der Waals surface area contributed by atoms with Gasteiger partial charge in [-0.3, -0.25) is 0 Å². The zero-order valence-corrected chi connectivity index (χ0v) is 5.40. The van der Waals surface area contributed by atoms with Gasteiger partial charge >= 0.3 is 5.97 Å². The maximum Gasteiger partial charge on any atom is 0.335 e. The Hall–Kier alpha value is -1.71. The molecule has 0 aliphatic rings. The number of rotatable bonds is 1. The number of phenolic OH excluding ortho intramolecular Hbond substituents is 2. The number of carbonyl (C=O) groups is 1. The lowest BCUT2D eigenvalue weighted by atomic mass is 10.2. The van der Waals surface area contributed by atoms with E-state index in [0.29, 0.717) is 0 Å². The topological polar surface area (TPSA) is 77.8 Å². The van der Waals surface area contributed by atoms with Crippen LogP contribution in [-0.2, 0) is 0 Å². The normalized spacial score (nSPS) is 10.7. The van der Waals surface area contributed by atoms with E-state index in [1.54, 1.807) is 0 Å². The summed E-state index contributed by atoms with van der Waals surface area (Å²) < 4.78 is 7.09. The van der Waals surface area contributed by atoms with Gasteiger partial charge in [-0.2, -0.15) is 0 Å². The summed E-state index contributed by atoms with van der Waals surface area (Å²) in [5.41, 5.74) is -0.342. The van der Waals surface area contributed by atoms with E-state index < -0.39 is 17.5 Å². The maximum atomic E-state index is 10.4. The quantitative estimate of drug-likeness (QED) is 0.524. The molecule has 1 aromatic rings. The van der Waals surface area contributed by atoms with Gasteiger partial charge in [-0.1, -0.05) is 0 Å². The second-order valence-corrected chi connectivity index (χ2v) is 1.92. The summed E-state index contributed by atoms with van der Waals surface area (Å²) in [6.07, 6.45) is 0. The lowest BCUT2D eigenvalue weighted by molar-refractivity contribution is 0.0696. The Morgan fingerprint density at radius 2 is 2.09 bits per heavy atom. The van der Waals surface area contributed by atoms with Gasteiger partial charge in [0.2, 0.25) is 0 Å². The van der Waals surface area contributed by atoms with Crippen LogP contribution in [0.1, 0.15) is 11.7 Å². The molecule has 0 saturated carbocycles. The molecule has 0 amide bonds. The molecule has 1 aromatic carbocycles. The SMILES string of the molecule is [2H]c1cc(O)c(O)cc1C(=O)O. The standard InChI is InChI=1S/C7H6O4/c8-5-2-1-4(7(10)11)3-6(5)9/h1-3,8-9H,(H,10,11)/i1D. The van der Waals surface area contributed by atoms with Gasteiger partial charge in [0.1, 0.15) is 0 Å². The van der Waals surface area contributed by atoms with Gasteiger partial charge in [0.05, 0.1) is 6.93 Å². The van der Waals surface area contributed by atoms with Crippen LogP contribution >= 0.6 is 0 Å². The van der Waals surface area contributed by atoms with Gasteiger partial charge in [-0.25, -0.2) is 4.79 Å². The molecule has 0 aliphatic carbocycles. The molecule has 0 heterocycles. The molecule has 0 aromatic heterocycles. The van der Waals surface area contributed by atoms with Crippen molar-refractivity contribution >= 4 is 5.97 Å². The average Bonchev–Trinajstić information content (AvgIpc) is 1.96. The van der Waals surface area contributed by atoms with Gasteiger partial charge in [0.15, 0.2) is 11.5 Å². The highest BCUT2D eigenvalue weighted by Gasteiger charge is 2.05. The lowest BCUT2D eigenvalue weighted by Gasteiger charge is -1.97. The molecule has 0 radical (unpaired) electrons. The molecular weight excluding hydrogens is 148 g/mol. The number of carboxylic acids is 1. The van der Waals surface area contributed by atoms with E-state index in [9.17, 15) is 4.79 Å². The molecule has 0 fully saturated rings. The highest BCUT2D eigenvalue weighted by atomic mass is 16.4. The van der Waals surface area contributed by atoms with Crippen LogP contribution in [-0.4, -0.2) is 21.3 Å². The summed E-state index contributed by atoms with van der Waals surface area (Å²) in [6.45, 7) is 0. The molecule has 1 rings (SSSR count). The van der Waals surface area contributed by atoms with Crippen LogP contribution in [0.25, 0.3) is 0 Å². The summed E-state index contributed by atoms with van der Waals surface area (Å²) in [4.78, 5) is 10.4. The lowest BCUT2D eigenvalue weighted by Crippen LogP contribution is -1.94. The van der Waals surface area contributed by atoms with Crippen LogP contribution in [0.4, 0.5) is 0 Å². The fourth-order valence-electron chi connectivity index (χ4n) is 0.596. The van der Waals surface area contributed by atoms with Gasteiger partial charge in [0.25, 0.3) is 0 Å². The number of hydrogen-bond acceptors (Lipinski definition) is 3. The minimum absolute atomic E-state index is 0.335. The van der Waals surface area contributed by atoms with E-state index in [0.717, 1.165) is 12.1 Å². The van der Waals surface area contributed by atoms with E-state index in [-0.39, 0.29) is 11.6 Å². The van der Waals surface area contributed by atoms with Crippen molar-refractivity contribution in [2.24, 2.45) is 0 Å². The van der Waals surface area contributed by atoms with Crippen LogP contribution in [0.15, 0.2) is 18.2 Å². The van der Waals surface area contributed by atoms with Crippen molar-refractivity contribution in [3.8, 4) is 11.5 Å². The number of aromatic hydroxyl groups is 2. The zero-order valence-electron chi connectivity index (χ0n) is 6.40. The van der Waals surface area contributed by atoms with Gasteiger partial charge in [0, 0.05) is 0 Å². The van der Waals surface area contributed by atoms with Crippen molar-refractivity contribution in [3.05, 3.63) is 23.7 Å². The molecule has 0 unspecified atom stereocenters. The third-order valence-corrected chi connectivity index (χ3v) is 1.14. The van der Waals surface area contributed by atoms with Crippen molar-refractivity contribution in [2.45, 2.75) is 0 Å². The minimum atomic E-state index is -1.31. The molecule has 4 nitrogen and oxygen atoms in total. The van der Waals surface area contributed by atoms with Crippen LogP contribution in [0.2, 0.25) is 0 Å². The van der Waals surface area contributed by atoms with E-state index in [2.05, 4.69) is 0 Å². The summed E-state index contributed by atoms with van der Waals surface area (Å²) >= 11 is 0. The van der Waals surface area contributed by atoms with Crippen molar-refractivity contribution in [1.82, 2.24) is 0 Å². The predicted molar refractivity (Wildman–Crippen MR) is 36.7 cm³/mol. The molecule has 0 atom stereocenters. The van der Waals surface area contributed by atoms with E-state index in [1.807, 2.05) is 0 Å². The highest BCUT2D eigenvalue weighted by Crippen LogP contribution is 2.24. The molecular formula is C7H6O4. The number of benzene rings is 1. The summed E-state index contributed by atoms with van der Waals surface area (Å²) in [5, 5.41) is 26.2. The first-order chi connectivity index (χ1) is 5.52. The van der Waals surface area contributed by atoms with Crippen LogP contribution in [0.3, 0.4) is 0 Å². The van der Waals surface area contributed by atoms with Gasteiger partial charge < -0.3 is 15.3 Å². The van der Waals surface area contributed by atoms with Crippen LogP contribution < -0.4 is 0 Å². The Labute approximate surface area is 63.7 Å². The molecule has 11 heavy (non-hydrogen) atoms. The van der Waals surface area contributed by atoms with Crippen molar-refractivity contribution in [1.29, 1.82) is 0 Å². The highest BCUT2D eigenvalue weighted by molar-refractivity contribution is 5.88. The van der Waals surface area contributed by atoms with E-state index in [1.165, 1.54) is 0 Å². The fourth-order valence-corrected chi connectivity index (χ4v) is 0.596. The summed E-state index contributed by atoms with van der Waals surface area (Å²) in [7, 11) is 0. The van der Waals surface area contributed by atoms with Gasteiger partial charge in [-0.05, 0) is 18.2 Å². The van der Waals surface area contributed by atoms with Crippen molar-refractivity contribution in [2.75, 3.05) is 0 Å². The molecule has 0 aliphatic heterocycles. The molecule has 0 bridgehead atoms. The molecule has 58 valence electrons. The Morgan fingerprint density at radius 1 is 1.45 bits per heavy atom. The predicted octanol–water partition coefficient (Wildman–Crippen LogP) is 0.796. The van der Waals surface area contributed by atoms with Crippen molar-refractivity contribution in [3.63, 3.8) is 0 Å². The van der Waals surface area contributed by atoms with Gasteiger partial charge in [-0.15, -0.1) is 0 Å². The summed E-state index contributed by atoms with van der Waals surface area (Å²) in [6, 6.07) is 1.37. The second kappa shape index (κ2) is 2.49. The first kappa shape index (κ1) is 6.03. The molecule has 4 heteroatoms.